The highest BCUT2D eigenvalue weighted by Gasteiger charge is 2.41. The van der Waals surface area contributed by atoms with Crippen LogP contribution in [-0.4, -0.2) is 31.9 Å². The first-order chi connectivity index (χ1) is 8.30. The lowest BCUT2D eigenvalue weighted by Crippen LogP contribution is -2.44. The Balaban J connectivity index is 2.72. The number of carbonyl (C=O) groups excluding carboxylic acids is 2. The third-order valence-corrected chi connectivity index (χ3v) is 3.50. The number of ether oxygens (including phenoxy) is 1. The summed E-state index contributed by atoms with van der Waals surface area (Å²) in [5.41, 5.74) is 0.0385. The SMILES string of the molecule is COC(=O)NC[C@]1(C)C[C@H](N=C=O)CC(C)(C)C1. The maximum Gasteiger partial charge on any atom is 0.406 e. The van der Waals surface area contributed by atoms with E-state index in [4.69, 9.17) is 0 Å². The Labute approximate surface area is 108 Å². The molecule has 1 amide bonds. The van der Waals surface area contributed by atoms with Crippen LogP contribution in [0.1, 0.15) is 40.0 Å². The van der Waals surface area contributed by atoms with Gasteiger partial charge in [-0.25, -0.2) is 14.6 Å². The van der Waals surface area contributed by atoms with Crippen LogP contribution in [0.3, 0.4) is 0 Å². The van der Waals surface area contributed by atoms with Crippen molar-refractivity contribution >= 4 is 12.2 Å². The van der Waals surface area contributed by atoms with E-state index in [1.807, 2.05) is 0 Å². The molecule has 0 bridgehead atoms. The Hall–Kier alpha value is -1.35. The zero-order chi connectivity index (χ0) is 13.8. The second kappa shape index (κ2) is 5.53. The van der Waals surface area contributed by atoms with E-state index in [1.165, 1.54) is 7.11 Å². The summed E-state index contributed by atoms with van der Waals surface area (Å²) >= 11 is 0. The molecule has 0 unspecified atom stereocenters. The minimum Gasteiger partial charge on any atom is -0.453 e. The number of isocyanates is 1. The molecule has 1 saturated carbocycles. The van der Waals surface area contributed by atoms with Crippen molar-refractivity contribution in [3.63, 3.8) is 0 Å². The number of nitrogens with zero attached hydrogens (tertiary/aromatic N) is 1. The van der Waals surface area contributed by atoms with E-state index in [-0.39, 0.29) is 16.9 Å². The molecule has 0 aliphatic heterocycles. The van der Waals surface area contributed by atoms with Gasteiger partial charge in [-0.1, -0.05) is 20.8 Å². The predicted molar refractivity (Wildman–Crippen MR) is 68.1 cm³/mol. The molecule has 0 aromatic carbocycles. The van der Waals surface area contributed by atoms with Crippen molar-refractivity contribution in [2.45, 2.75) is 46.1 Å². The molecule has 0 spiro atoms. The number of rotatable bonds is 3. The van der Waals surface area contributed by atoms with Gasteiger partial charge in [0, 0.05) is 6.54 Å². The molecule has 18 heavy (non-hydrogen) atoms. The van der Waals surface area contributed by atoms with Crippen LogP contribution < -0.4 is 5.32 Å². The van der Waals surface area contributed by atoms with E-state index in [9.17, 15) is 9.59 Å². The molecular formula is C13H22N2O3. The van der Waals surface area contributed by atoms with Gasteiger partial charge in [-0.2, -0.15) is 0 Å². The summed E-state index contributed by atoms with van der Waals surface area (Å²) in [6.07, 6.45) is 3.88. The maximum absolute atomic E-state index is 11.1. The van der Waals surface area contributed by atoms with Crippen LogP contribution in [-0.2, 0) is 9.53 Å². The van der Waals surface area contributed by atoms with Crippen molar-refractivity contribution in [2.75, 3.05) is 13.7 Å². The fourth-order valence-corrected chi connectivity index (χ4v) is 3.24. The van der Waals surface area contributed by atoms with Crippen LogP contribution in [0.25, 0.3) is 0 Å². The summed E-state index contributed by atoms with van der Waals surface area (Å²) < 4.78 is 4.58. The summed E-state index contributed by atoms with van der Waals surface area (Å²) in [6.45, 7) is 6.97. The van der Waals surface area contributed by atoms with Gasteiger partial charge in [-0.3, -0.25) is 0 Å². The van der Waals surface area contributed by atoms with Crippen LogP contribution in [0.2, 0.25) is 0 Å². The van der Waals surface area contributed by atoms with E-state index in [0.29, 0.717) is 6.54 Å². The molecule has 0 aromatic rings. The number of aliphatic imine (C=N–C) groups is 1. The van der Waals surface area contributed by atoms with Gasteiger partial charge in [-0.15, -0.1) is 0 Å². The Morgan fingerprint density at radius 1 is 1.44 bits per heavy atom. The molecule has 1 aliphatic rings. The maximum atomic E-state index is 11.1. The van der Waals surface area contributed by atoms with E-state index < -0.39 is 6.09 Å². The van der Waals surface area contributed by atoms with Crippen LogP contribution in [0.4, 0.5) is 4.79 Å². The van der Waals surface area contributed by atoms with Gasteiger partial charge in [0.15, 0.2) is 0 Å². The summed E-state index contributed by atoms with van der Waals surface area (Å²) in [4.78, 5) is 25.4. The van der Waals surface area contributed by atoms with Crippen LogP contribution >= 0.6 is 0 Å². The minimum absolute atomic E-state index is 0.00398. The van der Waals surface area contributed by atoms with Crippen LogP contribution in [0.5, 0.6) is 0 Å². The zero-order valence-electron chi connectivity index (χ0n) is 11.6. The van der Waals surface area contributed by atoms with Gasteiger partial charge in [0.2, 0.25) is 6.08 Å². The fraction of sp³-hybridized carbons (Fsp3) is 0.846. The number of amides is 1. The molecule has 5 nitrogen and oxygen atoms in total. The average Bonchev–Trinajstić information content (AvgIpc) is 2.23. The Morgan fingerprint density at radius 2 is 2.11 bits per heavy atom. The summed E-state index contributed by atoms with van der Waals surface area (Å²) in [5, 5.41) is 2.74. The molecule has 1 rings (SSSR count). The van der Waals surface area contributed by atoms with E-state index in [1.54, 1.807) is 6.08 Å². The molecule has 1 N–H and O–H groups in total. The Bertz CT molecular complexity index is 361. The highest BCUT2D eigenvalue weighted by atomic mass is 16.5. The highest BCUT2D eigenvalue weighted by molar-refractivity contribution is 5.66. The van der Waals surface area contributed by atoms with Crippen molar-refractivity contribution in [2.24, 2.45) is 15.8 Å². The zero-order valence-corrected chi connectivity index (χ0v) is 11.6. The normalized spacial score (nSPS) is 30.1. The standard InChI is InChI=1S/C13H22N2O3/c1-12(2)5-10(15-9-16)6-13(3,7-12)8-14-11(17)18-4/h10H,5-8H2,1-4H3,(H,14,17)/t10-,13-/m1/s1. The molecule has 1 fully saturated rings. The van der Waals surface area contributed by atoms with Gasteiger partial charge in [-0.05, 0) is 30.1 Å². The second-order valence-electron chi connectivity index (χ2n) is 6.28. The molecule has 0 radical (unpaired) electrons. The smallest absolute Gasteiger partial charge is 0.406 e. The summed E-state index contributed by atoms with van der Waals surface area (Å²) in [5.74, 6) is 0. The number of carbonyl (C=O) groups is 1. The lowest BCUT2D eigenvalue weighted by atomic mass is 9.63. The monoisotopic (exact) mass is 254 g/mol. The number of methoxy groups -OCH3 is 1. The first-order valence-electron chi connectivity index (χ1n) is 6.19. The molecule has 0 heterocycles. The van der Waals surface area contributed by atoms with E-state index in [0.717, 1.165) is 19.3 Å². The predicted octanol–water partition coefficient (Wildman–Crippen LogP) is 2.26. The number of hydrogen-bond acceptors (Lipinski definition) is 4. The topological polar surface area (TPSA) is 67.8 Å². The minimum atomic E-state index is -0.421. The lowest BCUT2D eigenvalue weighted by Gasteiger charge is -2.45. The van der Waals surface area contributed by atoms with Gasteiger partial charge < -0.3 is 10.1 Å². The van der Waals surface area contributed by atoms with Gasteiger partial charge in [0.1, 0.15) is 0 Å². The summed E-state index contributed by atoms with van der Waals surface area (Å²) in [6, 6.07) is -0.00398. The van der Waals surface area contributed by atoms with Crippen molar-refractivity contribution in [1.82, 2.24) is 5.32 Å². The Morgan fingerprint density at radius 3 is 2.67 bits per heavy atom. The van der Waals surface area contributed by atoms with E-state index >= 15 is 0 Å². The fourth-order valence-electron chi connectivity index (χ4n) is 3.24. The van der Waals surface area contributed by atoms with Gasteiger partial charge >= 0.3 is 6.09 Å². The largest absolute Gasteiger partial charge is 0.453 e. The average molecular weight is 254 g/mol. The second-order valence-corrected chi connectivity index (χ2v) is 6.28. The highest BCUT2D eigenvalue weighted by Crippen LogP contribution is 2.46. The third-order valence-electron chi connectivity index (χ3n) is 3.50. The number of nitrogens with one attached hydrogen (secondary N) is 1. The van der Waals surface area contributed by atoms with Crippen molar-refractivity contribution < 1.29 is 14.3 Å². The Kier molecular flexibility index (Phi) is 4.52. The molecule has 0 saturated heterocycles. The molecular weight excluding hydrogens is 232 g/mol. The molecule has 102 valence electrons. The quantitative estimate of drug-likeness (QED) is 0.620. The summed E-state index contributed by atoms with van der Waals surface area (Å²) in [7, 11) is 1.35. The van der Waals surface area contributed by atoms with Crippen molar-refractivity contribution in [3.05, 3.63) is 0 Å². The van der Waals surface area contributed by atoms with Gasteiger partial charge in [0.05, 0.1) is 13.2 Å². The van der Waals surface area contributed by atoms with Crippen LogP contribution in [0, 0.1) is 10.8 Å². The van der Waals surface area contributed by atoms with E-state index in [2.05, 4.69) is 35.8 Å². The van der Waals surface area contributed by atoms with Crippen molar-refractivity contribution in [1.29, 1.82) is 0 Å². The molecule has 0 aromatic heterocycles. The number of hydrogen-bond donors (Lipinski definition) is 1. The van der Waals surface area contributed by atoms with Crippen LogP contribution in [0.15, 0.2) is 4.99 Å². The first kappa shape index (κ1) is 14.7. The third kappa shape index (κ3) is 4.15. The molecule has 5 heteroatoms. The first-order valence-corrected chi connectivity index (χ1v) is 6.19. The number of alkyl carbamates (subject to hydrolysis) is 1. The van der Waals surface area contributed by atoms with Crippen molar-refractivity contribution in [3.8, 4) is 0 Å². The molecule has 2 atom stereocenters. The van der Waals surface area contributed by atoms with Gasteiger partial charge in [0.25, 0.3) is 0 Å². The molecule has 1 aliphatic carbocycles. The lowest BCUT2D eigenvalue weighted by molar-refractivity contribution is 0.0807.